The van der Waals surface area contributed by atoms with E-state index in [0.29, 0.717) is 142 Å². The minimum atomic E-state index is -4.01. The molecule has 4 heterocycles. The maximum Gasteiger partial charge on any atom is 0.354 e. The summed E-state index contributed by atoms with van der Waals surface area (Å²) in [4.78, 5) is 58.8. The largest absolute Gasteiger partial charge is 0.493 e. The van der Waals surface area contributed by atoms with E-state index in [1.807, 2.05) is 105 Å². The van der Waals surface area contributed by atoms with Gasteiger partial charge in [-0.05, 0) is 119 Å². The first-order valence-electron chi connectivity index (χ1n) is 32.7. The highest BCUT2D eigenvalue weighted by atomic mass is 32.2. The molecule has 3 aromatic heterocycles. The number of ether oxygens (including phenoxy) is 3. The number of carboxylic acid groups (broad SMARTS) is 3. The summed E-state index contributed by atoms with van der Waals surface area (Å²) in [6.45, 7) is 15.7. The fourth-order valence-corrected chi connectivity index (χ4v) is 12.1. The maximum absolute atomic E-state index is 12.7. The van der Waals surface area contributed by atoms with Gasteiger partial charge < -0.3 is 43.0 Å². The maximum atomic E-state index is 12.7. The van der Waals surface area contributed by atoms with E-state index in [1.165, 1.54) is 12.8 Å². The van der Waals surface area contributed by atoms with Crippen LogP contribution in [0.1, 0.15) is 114 Å². The van der Waals surface area contributed by atoms with Crippen LogP contribution in [0.15, 0.2) is 109 Å². The number of hydrogen-bond acceptors (Lipinski definition) is 14. The molecule has 1 saturated heterocycles. The first-order chi connectivity index (χ1) is 44.2. The van der Waals surface area contributed by atoms with Gasteiger partial charge in [0.1, 0.15) is 34.3 Å². The van der Waals surface area contributed by atoms with Gasteiger partial charge in [0, 0.05) is 84.6 Å². The van der Waals surface area contributed by atoms with Crippen LogP contribution in [0, 0.1) is 0 Å². The number of rotatable bonds is 37. The fraction of sp³-hybridized carbons (Fsp3) is 0.493. The predicted octanol–water partition coefficient (Wildman–Crippen LogP) is 10.2. The first-order valence-corrected chi connectivity index (χ1v) is 34.3. The van der Waals surface area contributed by atoms with E-state index < -0.39 is 28.0 Å². The Morgan fingerprint density at radius 1 is 0.409 bits per heavy atom. The van der Waals surface area contributed by atoms with Crippen molar-refractivity contribution in [1.29, 1.82) is 0 Å². The number of carboxylic acids is 3. The highest BCUT2D eigenvalue weighted by Crippen LogP contribution is 2.29. The molecule has 21 nitrogen and oxygen atoms in total. The highest BCUT2D eigenvalue weighted by Gasteiger charge is 2.24. The average Bonchev–Trinajstić information content (AvgIpc) is 1.19. The summed E-state index contributed by atoms with van der Waals surface area (Å²) < 4.78 is 52.4. The number of aromatic nitrogens is 3. The van der Waals surface area contributed by atoms with Crippen molar-refractivity contribution in [2.75, 3.05) is 146 Å². The van der Waals surface area contributed by atoms with Crippen molar-refractivity contribution < 1.29 is 70.3 Å². The Labute approximate surface area is 550 Å². The van der Waals surface area contributed by atoms with E-state index in [1.54, 1.807) is 18.2 Å². The zero-order chi connectivity index (χ0) is 67.2. The molecule has 93 heavy (non-hydrogen) atoms. The number of aromatic carboxylic acids is 3. The Morgan fingerprint density at radius 3 is 0.914 bits per heavy atom. The number of hydrogen-bond donors (Lipinski definition) is 4. The summed E-state index contributed by atoms with van der Waals surface area (Å²) in [5, 5.41) is 31.2. The second-order valence-electron chi connectivity index (χ2n) is 26.6. The molecule has 0 saturated carbocycles. The summed E-state index contributed by atoms with van der Waals surface area (Å²) in [5.41, 5.74) is 5.91. The Bertz CT molecular complexity index is 3350. The molecule has 1 aliphatic heterocycles. The van der Waals surface area contributed by atoms with Gasteiger partial charge in [0.05, 0.1) is 124 Å². The lowest BCUT2D eigenvalue weighted by Crippen LogP contribution is -2.42. The van der Waals surface area contributed by atoms with Crippen molar-refractivity contribution in [3.05, 3.63) is 143 Å². The first kappa shape index (κ1) is 73.0. The molecule has 1 aliphatic rings. The van der Waals surface area contributed by atoms with Crippen molar-refractivity contribution in [3.63, 3.8) is 0 Å². The molecule has 22 heteroatoms. The van der Waals surface area contributed by atoms with Gasteiger partial charge in [0.15, 0.2) is 0 Å². The third-order valence-electron chi connectivity index (χ3n) is 17.1. The lowest BCUT2D eigenvalue weighted by Gasteiger charge is -2.29. The van der Waals surface area contributed by atoms with Crippen molar-refractivity contribution >= 4 is 28.0 Å². The van der Waals surface area contributed by atoms with Crippen LogP contribution >= 0.6 is 0 Å². The Kier molecular flexibility index (Phi) is 27.2. The average molecular weight is 1300 g/mol. The van der Waals surface area contributed by atoms with Crippen LogP contribution < -0.4 is 14.2 Å². The molecule has 0 aliphatic carbocycles. The normalized spacial score (nSPS) is 14.1. The molecule has 7 rings (SSSR count). The van der Waals surface area contributed by atoms with Crippen LogP contribution in [-0.2, 0) is 29.8 Å². The highest BCUT2D eigenvalue weighted by molar-refractivity contribution is 7.85. The van der Waals surface area contributed by atoms with Gasteiger partial charge in [-0.3, -0.25) is 19.3 Å². The number of carbonyl (C=O) groups is 3. The van der Waals surface area contributed by atoms with Crippen LogP contribution in [0.3, 0.4) is 0 Å². The molecule has 0 bridgehead atoms. The van der Waals surface area contributed by atoms with E-state index in [2.05, 4.69) is 71.7 Å². The van der Waals surface area contributed by atoms with E-state index in [-0.39, 0.29) is 22.8 Å². The quantitative estimate of drug-likeness (QED) is 0.0161. The topological polar surface area (TPSA) is 242 Å². The van der Waals surface area contributed by atoms with Crippen LogP contribution in [0.2, 0.25) is 0 Å². The molecule has 0 radical (unpaired) electrons. The number of pyridine rings is 3. The molecule has 4 N–H and O–H groups in total. The van der Waals surface area contributed by atoms with Crippen molar-refractivity contribution in [2.24, 2.45) is 0 Å². The summed E-state index contributed by atoms with van der Waals surface area (Å²) in [6, 6.07) is 33.4. The zero-order valence-electron chi connectivity index (χ0n) is 56.0. The Balaban J connectivity index is 1.11. The Morgan fingerprint density at radius 2 is 0.667 bits per heavy atom. The molecule has 3 aromatic carbocycles. The monoisotopic (exact) mass is 1300 g/mol. The predicted molar refractivity (Wildman–Crippen MR) is 362 cm³/mol. The smallest absolute Gasteiger partial charge is 0.354 e. The van der Waals surface area contributed by atoms with E-state index in [4.69, 9.17) is 18.8 Å². The van der Waals surface area contributed by atoms with Gasteiger partial charge in [-0.25, -0.2) is 29.3 Å². The molecule has 6 aromatic rings. The zero-order valence-corrected chi connectivity index (χ0v) is 56.8. The van der Waals surface area contributed by atoms with Gasteiger partial charge in [-0.15, -0.1) is 0 Å². The van der Waals surface area contributed by atoms with Crippen molar-refractivity contribution in [2.45, 2.75) is 84.8 Å². The second-order valence-corrected chi connectivity index (χ2v) is 28.2. The molecule has 0 amide bonds. The lowest BCUT2D eigenvalue weighted by molar-refractivity contribution is -0.890. The lowest BCUT2D eigenvalue weighted by atomic mass is 10.0. The number of benzene rings is 3. The van der Waals surface area contributed by atoms with Gasteiger partial charge in [-0.2, -0.15) is 8.42 Å². The summed E-state index contributed by atoms with van der Waals surface area (Å²) in [6.07, 6.45) is 7.59. The fourth-order valence-electron chi connectivity index (χ4n) is 11.6. The van der Waals surface area contributed by atoms with E-state index in [0.717, 1.165) is 95.6 Å². The number of quaternary nitrogens is 3. The van der Waals surface area contributed by atoms with Crippen LogP contribution in [0.4, 0.5) is 0 Å². The second kappa shape index (κ2) is 34.7. The molecule has 0 spiro atoms. The van der Waals surface area contributed by atoms with Gasteiger partial charge in [0.2, 0.25) is 0 Å². The SMILES string of the molecule is CCCC[N+](C)(C)CCCOc1ccc(-c2cc(CN3CCN(Cc4cc(-c5ccc(OCCC[N+](C)(C)CCCC)cc5)cc(C(=O)O)n4)CCN(Cc4cc(-c5ccc(OCCC[N+](C)(C)CCCS(=O)(=O)O)cc5)cc(C(=O)O)n4)CC3)nc(C(=O)O)c2)cc1. The Hall–Kier alpha value is -7.41. The third kappa shape index (κ3) is 25.1. The molecule has 1 fully saturated rings. The van der Waals surface area contributed by atoms with Crippen molar-refractivity contribution in [3.8, 4) is 50.6 Å². The van der Waals surface area contributed by atoms with Crippen LogP contribution in [0.5, 0.6) is 17.2 Å². The summed E-state index contributed by atoms with van der Waals surface area (Å²) in [5.74, 6) is -1.62. The molecule has 504 valence electrons. The third-order valence-corrected chi connectivity index (χ3v) is 17.9. The number of unbranched alkanes of at least 4 members (excludes halogenated alkanes) is 2. The van der Waals surface area contributed by atoms with Crippen LogP contribution in [-0.4, -0.2) is 236 Å². The molecular weight excluding hydrogens is 1200 g/mol. The van der Waals surface area contributed by atoms with E-state index >= 15 is 0 Å². The summed E-state index contributed by atoms with van der Waals surface area (Å²) >= 11 is 0. The molecule has 0 unspecified atom stereocenters. The van der Waals surface area contributed by atoms with E-state index in [9.17, 15) is 38.1 Å². The standard InChI is InChI=1S/C71H97N9O12S/c1-9-11-35-78(3,4)37-13-41-90-63-23-17-54(18-24-63)57-45-60(72-66(48-57)69(81)82)51-75-29-30-76(52-61-46-58(49-67(73-61)70(83)84)55-19-25-64(26-20-55)91-42-14-38-79(5,6)36-12-10-2)32-34-77(33-31-75)53-62-47-59(50-68(74-62)71(85)86)56-21-27-65(28-22-56)92-43-15-39-80(7,8)40-16-44-93(87,88)89/h17-28,45-50H,9-16,29-44,51-53H2,1-8H3,(H-3,81,82,83,84,85,86,87,88,89)/p+3. The minimum Gasteiger partial charge on any atom is -0.493 e. The van der Waals surface area contributed by atoms with Crippen molar-refractivity contribution in [1.82, 2.24) is 29.7 Å². The van der Waals surface area contributed by atoms with Crippen LogP contribution in [0.25, 0.3) is 33.4 Å². The molecule has 0 atom stereocenters. The molecular formula is C71H100N9O12S+3. The van der Waals surface area contributed by atoms with Gasteiger partial charge >= 0.3 is 17.9 Å². The minimum absolute atomic E-state index is 0.0786. The van der Waals surface area contributed by atoms with Gasteiger partial charge in [-0.1, -0.05) is 63.1 Å². The number of nitrogens with zero attached hydrogens (tertiary/aromatic N) is 9. The van der Waals surface area contributed by atoms with Gasteiger partial charge in [0.25, 0.3) is 10.1 Å². The summed E-state index contributed by atoms with van der Waals surface area (Å²) in [7, 11) is 9.00.